The summed E-state index contributed by atoms with van der Waals surface area (Å²) in [5.41, 5.74) is 1.19. The van der Waals surface area contributed by atoms with E-state index in [0.29, 0.717) is 0 Å². The van der Waals surface area contributed by atoms with E-state index in [1.165, 1.54) is 5.69 Å². The van der Waals surface area contributed by atoms with E-state index in [1.54, 1.807) is 0 Å². The van der Waals surface area contributed by atoms with Crippen molar-refractivity contribution in [2.24, 2.45) is 0 Å². The Hall–Kier alpha value is -0.396. The molecule has 1 nitrogen and oxygen atoms in total. The fourth-order valence-corrected chi connectivity index (χ4v) is 0.662. The van der Waals surface area contributed by atoms with Crippen LogP contribution in [0.1, 0.15) is 0 Å². The van der Waals surface area contributed by atoms with Gasteiger partial charge in [-0.05, 0) is 14.1 Å². The normalized spacial score (nSPS) is 8.20. The molecule has 0 atom stereocenters. The van der Waals surface area contributed by atoms with Gasteiger partial charge in [0.1, 0.15) is 0 Å². The van der Waals surface area contributed by atoms with E-state index in [1.807, 2.05) is 32.3 Å². The SMILES string of the molecule is CN(C)c1c[c-]ccc1.[V]. The maximum Gasteiger partial charge on any atom is 0 e. The van der Waals surface area contributed by atoms with Crippen LogP contribution >= 0.6 is 0 Å². The summed E-state index contributed by atoms with van der Waals surface area (Å²) < 4.78 is 0. The molecule has 0 aliphatic rings. The molecule has 1 aromatic carbocycles. The van der Waals surface area contributed by atoms with E-state index in [-0.39, 0.29) is 18.6 Å². The van der Waals surface area contributed by atoms with Crippen molar-refractivity contribution < 1.29 is 18.6 Å². The summed E-state index contributed by atoms with van der Waals surface area (Å²) >= 11 is 0. The first-order chi connectivity index (χ1) is 4.30. The van der Waals surface area contributed by atoms with Crippen LogP contribution in [-0.2, 0) is 18.6 Å². The molecule has 0 N–H and O–H groups in total. The third kappa shape index (κ3) is 2.46. The smallest absolute Gasteiger partial charge is 0 e. The van der Waals surface area contributed by atoms with Crippen LogP contribution in [0.2, 0.25) is 0 Å². The molecule has 0 spiro atoms. The van der Waals surface area contributed by atoms with Gasteiger partial charge in [-0.15, -0.1) is 6.07 Å². The van der Waals surface area contributed by atoms with Crippen molar-refractivity contribution in [1.82, 2.24) is 0 Å². The second kappa shape index (κ2) is 4.42. The summed E-state index contributed by atoms with van der Waals surface area (Å²) in [6.07, 6.45) is 0. The fraction of sp³-hybridized carbons (Fsp3) is 0.250. The van der Waals surface area contributed by atoms with Gasteiger partial charge < -0.3 is 4.90 Å². The van der Waals surface area contributed by atoms with Gasteiger partial charge in [-0.3, -0.25) is 0 Å². The van der Waals surface area contributed by atoms with Crippen LogP contribution < -0.4 is 4.90 Å². The summed E-state index contributed by atoms with van der Waals surface area (Å²) in [4.78, 5) is 2.05. The van der Waals surface area contributed by atoms with Gasteiger partial charge in [0.2, 0.25) is 0 Å². The number of benzene rings is 1. The van der Waals surface area contributed by atoms with Crippen molar-refractivity contribution >= 4 is 5.69 Å². The molecule has 1 radical (unpaired) electrons. The Balaban J connectivity index is 0.000000810. The molecule has 10 heavy (non-hydrogen) atoms. The largest absolute Gasteiger partial charge is 0.429 e. The van der Waals surface area contributed by atoms with E-state index < -0.39 is 0 Å². The van der Waals surface area contributed by atoms with Crippen molar-refractivity contribution in [2.45, 2.75) is 0 Å². The minimum absolute atomic E-state index is 0. The zero-order valence-corrected chi connectivity index (χ0v) is 7.60. The molecule has 0 aliphatic heterocycles. The first-order valence-electron chi connectivity index (χ1n) is 2.94. The fourth-order valence-electron chi connectivity index (χ4n) is 0.662. The second-order valence-electron chi connectivity index (χ2n) is 2.16. The average molecular weight is 171 g/mol. The van der Waals surface area contributed by atoms with Gasteiger partial charge in [-0.2, -0.15) is 24.3 Å². The summed E-state index contributed by atoms with van der Waals surface area (Å²) in [6.45, 7) is 0. The summed E-state index contributed by atoms with van der Waals surface area (Å²) in [7, 11) is 4.03. The molecule has 0 aliphatic carbocycles. The summed E-state index contributed by atoms with van der Waals surface area (Å²) in [6, 6.07) is 10.9. The maximum absolute atomic E-state index is 3.00. The monoisotopic (exact) mass is 171 g/mol. The Labute approximate surface area is 73.9 Å². The molecule has 0 saturated carbocycles. The van der Waals surface area contributed by atoms with Gasteiger partial charge >= 0.3 is 0 Å². The standard InChI is InChI=1S/C8H10N.V/c1-9(2)8-6-4-3-5-7-8;/h3-4,6-7H,1-2H3;/q-1;. The summed E-state index contributed by atoms with van der Waals surface area (Å²) in [5.74, 6) is 0. The number of anilines is 1. The Morgan fingerprint density at radius 2 is 2.10 bits per heavy atom. The minimum atomic E-state index is 0. The van der Waals surface area contributed by atoms with Crippen LogP contribution in [0.3, 0.4) is 0 Å². The third-order valence-electron chi connectivity index (χ3n) is 1.21. The van der Waals surface area contributed by atoms with Crippen LogP contribution in [0.5, 0.6) is 0 Å². The van der Waals surface area contributed by atoms with Crippen LogP contribution in [0.4, 0.5) is 5.69 Å². The molecule has 0 aromatic heterocycles. The van der Waals surface area contributed by atoms with Gasteiger partial charge in [0, 0.05) is 18.6 Å². The van der Waals surface area contributed by atoms with Gasteiger partial charge in [0.15, 0.2) is 0 Å². The molecular formula is C8H10NV-. The van der Waals surface area contributed by atoms with Crippen LogP contribution in [0.25, 0.3) is 0 Å². The van der Waals surface area contributed by atoms with Crippen molar-refractivity contribution in [3.63, 3.8) is 0 Å². The quantitative estimate of drug-likeness (QED) is 0.579. The molecule has 0 fully saturated rings. The zero-order valence-electron chi connectivity index (χ0n) is 6.20. The molecule has 1 aromatic rings. The molecule has 0 bridgehead atoms. The maximum atomic E-state index is 3.00. The van der Waals surface area contributed by atoms with E-state index in [9.17, 15) is 0 Å². The van der Waals surface area contributed by atoms with E-state index in [4.69, 9.17) is 0 Å². The molecule has 0 unspecified atom stereocenters. The number of hydrogen-bond donors (Lipinski definition) is 0. The van der Waals surface area contributed by atoms with Crippen molar-refractivity contribution in [3.05, 3.63) is 30.3 Å². The number of nitrogens with zero attached hydrogens (tertiary/aromatic N) is 1. The van der Waals surface area contributed by atoms with Gasteiger partial charge in [-0.1, -0.05) is 5.69 Å². The van der Waals surface area contributed by atoms with E-state index in [0.717, 1.165) is 0 Å². The van der Waals surface area contributed by atoms with Gasteiger partial charge in [-0.25, -0.2) is 0 Å². The van der Waals surface area contributed by atoms with Crippen LogP contribution in [0.15, 0.2) is 24.3 Å². The third-order valence-corrected chi connectivity index (χ3v) is 1.21. The molecule has 0 heterocycles. The van der Waals surface area contributed by atoms with Crippen molar-refractivity contribution in [1.29, 1.82) is 0 Å². The molecule has 0 amide bonds. The van der Waals surface area contributed by atoms with Crippen LogP contribution in [-0.4, -0.2) is 14.1 Å². The van der Waals surface area contributed by atoms with Crippen LogP contribution in [0, 0.1) is 6.07 Å². The zero-order chi connectivity index (χ0) is 6.69. The Morgan fingerprint density at radius 1 is 1.40 bits per heavy atom. The summed E-state index contributed by atoms with van der Waals surface area (Å²) in [5, 5.41) is 0. The average Bonchev–Trinajstić information content (AvgIpc) is 1.90. The van der Waals surface area contributed by atoms with Crippen molar-refractivity contribution in [2.75, 3.05) is 19.0 Å². The molecule has 53 valence electrons. The van der Waals surface area contributed by atoms with E-state index >= 15 is 0 Å². The minimum Gasteiger partial charge on any atom is -0.429 e. The molecule has 1 rings (SSSR count). The molecule has 0 saturated heterocycles. The molecular weight excluding hydrogens is 161 g/mol. The predicted molar refractivity (Wildman–Crippen MR) is 39.6 cm³/mol. The molecule has 2 heteroatoms. The first kappa shape index (κ1) is 9.60. The second-order valence-corrected chi connectivity index (χ2v) is 2.16. The first-order valence-corrected chi connectivity index (χ1v) is 2.94. The van der Waals surface area contributed by atoms with Gasteiger partial charge in [0.05, 0.1) is 0 Å². The van der Waals surface area contributed by atoms with E-state index in [2.05, 4.69) is 17.0 Å². The number of hydrogen-bond acceptors (Lipinski definition) is 1. The van der Waals surface area contributed by atoms with Crippen molar-refractivity contribution in [3.8, 4) is 0 Å². The Kier molecular flexibility index (Phi) is 4.25. The predicted octanol–water partition coefficient (Wildman–Crippen LogP) is 1.55. The van der Waals surface area contributed by atoms with Gasteiger partial charge in [0.25, 0.3) is 0 Å². The Morgan fingerprint density at radius 3 is 2.40 bits per heavy atom. The Bertz CT molecular complexity index is 172. The topological polar surface area (TPSA) is 3.24 Å². The number of rotatable bonds is 1.